The second-order valence-corrected chi connectivity index (χ2v) is 6.22. The van der Waals surface area contributed by atoms with Crippen LogP contribution in [0.1, 0.15) is 17.7 Å². The SMILES string of the molecule is O=C(CN1CCOCC1)Nc1c2c(nc3ccccc13)CCC2. The zero-order valence-electron chi connectivity index (χ0n) is 13.2. The molecule has 1 amide bonds. The Bertz CT molecular complexity index is 738. The molecule has 4 rings (SSSR count). The molecule has 1 fully saturated rings. The molecule has 5 heteroatoms. The van der Waals surface area contributed by atoms with Crippen molar-refractivity contribution in [2.75, 3.05) is 38.2 Å². The maximum Gasteiger partial charge on any atom is 0.238 e. The highest BCUT2D eigenvalue weighted by Crippen LogP contribution is 2.33. The number of carbonyl (C=O) groups excluding carboxylic acids is 1. The van der Waals surface area contributed by atoms with Crippen LogP contribution in [0.4, 0.5) is 5.69 Å². The largest absolute Gasteiger partial charge is 0.379 e. The molecule has 1 aliphatic heterocycles. The van der Waals surface area contributed by atoms with E-state index in [2.05, 4.69) is 10.2 Å². The summed E-state index contributed by atoms with van der Waals surface area (Å²) in [6.07, 6.45) is 3.12. The topological polar surface area (TPSA) is 54.5 Å². The molecular weight excluding hydrogens is 290 g/mol. The van der Waals surface area contributed by atoms with E-state index in [1.165, 1.54) is 5.56 Å². The lowest BCUT2D eigenvalue weighted by Crippen LogP contribution is -2.41. The fourth-order valence-electron chi connectivity index (χ4n) is 3.50. The van der Waals surface area contributed by atoms with Crippen molar-refractivity contribution in [1.29, 1.82) is 0 Å². The van der Waals surface area contributed by atoms with Crippen molar-refractivity contribution in [3.63, 3.8) is 0 Å². The Morgan fingerprint density at radius 1 is 1.22 bits per heavy atom. The van der Waals surface area contributed by atoms with Crippen LogP contribution in [0.25, 0.3) is 10.9 Å². The van der Waals surface area contributed by atoms with Gasteiger partial charge in [-0.2, -0.15) is 0 Å². The van der Waals surface area contributed by atoms with Crippen LogP contribution in [-0.4, -0.2) is 48.6 Å². The third kappa shape index (κ3) is 2.94. The van der Waals surface area contributed by atoms with E-state index in [9.17, 15) is 4.79 Å². The highest BCUT2D eigenvalue weighted by Gasteiger charge is 2.21. The Hall–Kier alpha value is -1.98. The zero-order chi connectivity index (χ0) is 15.6. The molecule has 1 N–H and O–H groups in total. The van der Waals surface area contributed by atoms with Gasteiger partial charge in [0.15, 0.2) is 0 Å². The molecule has 1 aromatic heterocycles. The predicted octanol–water partition coefficient (Wildman–Crippen LogP) is 1.99. The van der Waals surface area contributed by atoms with Crippen molar-refractivity contribution in [1.82, 2.24) is 9.88 Å². The van der Waals surface area contributed by atoms with E-state index in [-0.39, 0.29) is 5.91 Å². The molecule has 0 bridgehead atoms. The van der Waals surface area contributed by atoms with Gasteiger partial charge in [-0.3, -0.25) is 14.7 Å². The molecule has 1 saturated heterocycles. The number of aryl methyl sites for hydroxylation is 1. The van der Waals surface area contributed by atoms with Gasteiger partial charge in [-0.05, 0) is 30.9 Å². The van der Waals surface area contributed by atoms with Crippen molar-refractivity contribution in [3.8, 4) is 0 Å². The molecule has 23 heavy (non-hydrogen) atoms. The third-order valence-electron chi connectivity index (χ3n) is 4.65. The second-order valence-electron chi connectivity index (χ2n) is 6.22. The van der Waals surface area contributed by atoms with Gasteiger partial charge in [-0.25, -0.2) is 0 Å². The number of anilines is 1. The summed E-state index contributed by atoms with van der Waals surface area (Å²) in [4.78, 5) is 19.4. The number of rotatable bonds is 3. The molecular formula is C18H21N3O2. The van der Waals surface area contributed by atoms with E-state index < -0.39 is 0 Å². The van der Waals surface area contributed by atoms with Gasteiger partial charge in [0.05, 0.1) is 31.0 Å². The Kier molecular flexibility index (Phi) is 3.97. The molecule has 0 saturated carbocycles. The first kappa shape index (κ1) is 14.6. The van der Waals surface area contributed by atoms with E-state index in [4.69, 9.17) is 9.72 Å². The standard InChI is InChI=1S/C18H21N3O2/c22-17(12-21-8-10-23-11-9-21)20-18-13-4-1-2-6-15(13)19-16-7-3-5-14(16)18/h1-2,4,6H,3,5,7-12H2,(H,19,20,22). The fraction of sp³-hybridized carbons (Fsp3) is 0.444. The van der Waals surface area contributed by atoms with Crippen LogP contribution in [-0.2, 0) is 22.4 Å². The predicted molar refractivity (Wildman–Crippen MR) is 89.7 cm³/mol. The summed E-state index contributed by atoms with van der Waals surface area (Å²) in [5.74, 6) is 0.0531. The normalized spacial score (nSPS) is 18.1. The highest BCUT2D eigenvalue weighted by atomic mass is 16.5. The Balaban J connectivity index is 1.61. The van der Waals surface area contributed by atoms with Crippen LogP contribution < -0.4 is 5.32 Å². The number of carbonyl (C=O) groups is 1. The number of amides is 1. The maximum absolute atomic E-state index is 12.5. The average Bonchev–Trinajstić information content (AvgIpc) is 3.04. The molecule has 0 atom stereocenters. The summed E-state index contributed by atoms with van der Waals surface area (Å²) in [6.45, 7) is 3.49. The quantitative estimate of drug-likeness (QED) is 0.942. The molecule has 1 aromatic carbocycles. The summed E-state index contributed by atoms with van der Waals surface area (Å²) in [6, 6.07) is 8.07. The van der Waals surface area contributed by atoms with Gasteiger partial charge in [0.25, 0.3) is 0 Å². The minimum Gasteiger partial charge on any atom is -0.379 e. The van der Waals surface area contributed by atoms with E-state index in [0.29, 0.717) is 19.8 Å². The average molecular weight is 311 g/mol. The van der Waals surface area contributed by atoms with Crippen LogP contribution in [0.3, 0.4) is 0 Å². The molecule has 1 aliphatic carbocycles. The number of aromatic nitrogens is 1. The van der Waals surface area contributed by atoms with Gasteiger partial charge >= 0.3 is 0 Å². The van der Waals surface area contributed by atoms with Gasteiger partial charge < -0.3 is 10.1 Å². The molecule has 0 unspecified atom stereocenters. The van der Waals surface area contributed by atoms with Crippen molar-refractivity contribution in [2.24, 2.45) is 0 Å². The van der Waals surface area contributed by atoms with E-state index in [1.807, 2.05) is 24.3 Å². The van der Waals surface area contributed by atoms with Crippen LogP contribution in [0.15, 0.2) is 24.3 Å². The third-order valence-corrected chi connectivity index (χ3v) is 4.65. The van der Waals surface area contributed by atoms with Gasteiger partial charge in [0, 0.05) is 24.2 Å². The highest BCUT2D eigenvalue weighted by molar-refractivity contribution is 6.03. The number of hydrogen-bond acceptors (Lipinski definition) is 4. The number of morpholine rings is 1. The van der Waals surface area contributed by atoms with Crippen molar-refractivity contribution >= 4 is 22.5 Å². The number of hydrogen-bond donors (Lipinski definition) is 1. The molecule has 0 spiro atoms. The molecule has 0 radical (unpaired) electrons. The Labute approximate surface area is 135 Å². The summed E-state index contributed by atoms with van der Waals surface area (Å²) in [5, 5.41) is 4.22. The summed E-state index contributed by atoms with van der Waals surface area (Å²) in [7, 11) is 0. The van der Waals surface area contributed by atoms with E-state index >= 15 is 0 Å². The van der Waals surface area contributed by atoms with Crippen LogP contribution in [0, 0.1) is 0 Å². The lowest BCUT2D eigenvalue weighted by Gasteiger charge is -2.26. The number of para-hydroxylation sites is 1. The molecule has 120 valence electrons. The smallest absolute Gasteiger partial charge is 0.238 e. The minimum atomic E-state index is 0.0531. The first-order chi connectivity index (χ1) is 11.3. The first-order valence-electron chi connectivity index (χ1n) is 8.32. The number of nitrogens with one attached hydrogen (secondary N) is 1. The van der Waals surface area contributed by atoms with Gasteiger partial charge in [-0.15, -0.1) is 0 Å². The summed E-state index contributed by atoms with van der Waals surface area (Å²) in [5.41, 5.74) is 4.31. The Morgan fingerprint density at radius 2 is 2.04 bits per heavy atom. The lowest BCUT2D eigenvalue weighted by molar-refractivity contribution is -0.118. The summed E-state index contributed by atoms with van der Waals surface area (Å²) < 4.78 is 5.34. The van der Waals surface area contributed by atoms with Crippen LogP contribution in [0.2, 0.25) is 0 Å². The monoisotopic (exact) mass is 311 g/mol. The van der Waals surface area contributed by atoms with E-state index in [1.54, 1.807) is 0 Å². The van der Waals surface area contributed by atoms with Crippen LogP contribution >= 0.6 is 0 Å². The second kappa shape index (κ2) is 6.26. The van der Waals surface area contributed by atoms with Gasteiger partial charge in [0.1, 0.15) is 0 Å². The summed E-state index contributed by atoms with van der Waals surface area (Å²) >= 11 is 0. The molecule has 2 aromatic rings. The van der Waals surface area contributed by atoms with E-state index in [0.717, 1.165) is 54.6 Å². The first-order valence-corrected chi connectivity index (χ1v) is 8.32. The molecule has 2 heterocycles. The van der Waals surface area contributed by atoms with Crippen LogP contribution in [0.5, 0.6) is 0 Å². The number of nitrogens with zero attached hydrogens (tertiary/aromatic N) is 2. The molecule has 2 aliphatic rings. The van der Waals surface area contributed by atoms with Crippen molar-refractivity contribution in [2.45, 2.75) is 19.3 Å². The fourth-order valence-corrected chi connectivity index (χ4v) is 3.50. The lowest BCUT2D eigenvalue weighted by atomic mass is 10.1. The maximum atomic E-state index is 12.5. The van der Waals surface area contributed by atoms with Gasteiger partial charge in [0.2, 0.25) is 5.91 Å². The van der Waals surface area contributed by atoms with Gasteiger partial charge in [-0.1, -0.05) is 18.2 Å². The Morgan fingerprint density at radius 3 is 2.91 bits per heavy atom. The van der Waals surface area contributed by atoms with Crippen molar-refractivity contribution < 1.29 is 9.53 Å². The van der Waals surface area contributed by atoms with Crippen molar-refractivity contribution in [3.05, 3.63) is 35.5 Å². The number of ether oxygens (including phenoxy) is 1. The number of benzene rings is 1. The zero-order valence-corrected chi connectivity index (χ0v) is 13.2. The minimum absolute atomic E-state index is 0.0531. The molecule has 5 nitrogen and oxygen atoms in total. The number of pyridine rings is 1. The number of fused-ring (bicyclic) bond motifs is 2.